The third-order valence-electron chi connectivity index (χ3n) is 16.0. The molecule has 0 aliphatic carbocycles. The number of hydrogen-bond acceptors (Lipinski definition) is 1. The molecule has 2 aliphatic heterocycles. The maximum atomic E-state index is 2.76. The molecule has 0 amide bonds. The highest BCUT2D eigenvalue weighted by molar-refractivity contribution is 6.90. The lowest BCUT2D eigenvalue weighted by Gasteiger charge is -2.42. The van der Waals surface area contributed by atoms with Gasteiger partial charge in [0.15, 0.2) is 0 Å². The van der Waals surface area contributed by atoms with Crippen molar-refractivity contribution in [2.24, 2.45) is 0 Å². The van der Waals surface area contributed by atoms with Crippen LogP contribution in [0.5, 0.6) is 0 Å². The monoisotopic (exact) mass is 892 g/mol. The fraction of sp³-hybridized carbons (Fsp3) is 0.242. The molecule has 13 rings (SSSR count). The average Bonchev–Trinajstić information content (AvgIpc) is 3.64. The van der Waals surface area contributed by atoms with Crippen molar-refractivity contribution in [2.75, 3.05) is 4.90 Å². The summed E-state index contributed by atoms with van der Waals surface area (Å²) in [5.41, 5.74) is 17.0. The minimum Gasteiger partial charge on any atom is -0.375 e. The maximum absolute atomic E-state index is 2.76. The molecule has 0 unspecified atom stereocenters. The minimum absolute atomic E-state index is 0.00220. The Bertz CT molecular complexity index is 4030. The second kappa shape index (κ2) is 13.9. The van der Waals surface area contributed by atoms with E-state index < -0.39 is 0 Å². The molecule has 69 heavy (non-hydrogen) atoms. The Hall–Kier alpha value is -6.84. The van der Waals surface area contributed by atoms with Gasteiger partial charge in [0, 0.05) is 44.4 Å². The number of benzene rings is 10. The molecular weight excluding hydrogens is 832 g/mol. The smallest absolute Gasteiger partial charge is 0.333 e. The van der Waals surface area contributed by atoms with Crippen LogP contribution >= 0.6 is 0 Å². The van der Waals surface area contributed by atoms with E-state index in [0.717, 1.165) is 0 Å². The van der Waals surface area contributed by atoms with E-state index in [4.69, 9.17) is 0 Å². The molecule has 0 saturated carbocycles. The summed E-state index contributed by atoms with van der Waals surface area (Å²) in [5.74, 6) is 0. The van der Waals surface area contributed by atoms with E-state index in [1.54, 1.807) is 0 Å². The Labute approximate surface area is 407 Å². The fourth-order valence-electron chi connectivity index (χ4n) is 12.2. The number of nitrogens with zero attached hydrogens (tertiary/aromatic N) is 2. The van der Waals surface area contributed by atoms with Crippen LogP contribution in [0.2, 0.25) is 0 Å². The lowest BCUT2D eigenvalue weighted by molar-refractivity contribution is 0.569. The molecule has 1 aromatic heterocycles. The van der Waals surface area contributed by atoms with Gasteiger partial charge in [0.25, 0.3) is 0 Å². The molecule has 10 aromatic carbocycles. The van der Waals surface area contributed by atoms with Gasteiger partial charge >= 0.3 is 6.85 Å². The van der Waals surface area contributed by atoms with Gasteiger partial charge in [-0.3, -0.25) is 0 Å². The first-order valence-electron chi connectivity index (χ1n) is 25.2. The van der Waals surface area contributed by atoms with Gasteiger partial charge in [-0.25, -0.2) is 0 Å². The summed E-state index contributed by atoms with van der Waals surface area (Å²) in [6.45, 7) is 28.2. The van der Waals surface area contributed by atoms with Crippen LogP contribution in [0.15, 0.2) is 152 Å². The topological polar surface area (TPSA) is 8.17 Å². The second-order valence-corrected chi connectivity index (χ2v) is 24.7. The zero-order chi connectivity index (χ0) is 47.8. The van der Waals surface area contributed by atoms with Gasteiger partial charge in [-0.15, -0.1) is 0 Å². The molecule has 3 heteroatoms. The zero-order valence-corrected chi connectivity index (χ0v) is 42.4. The van der Waals surface area contributed by atoms with E-state index in [-0.39, 0.29) is 28.5 Å². The van der Waals surface area contributed by atoms with Crippen molar-refractivity contribution < 1.29 is 0 Å². The predicted molar refractivity (Wildman–Crippen MR) is 302 cm³/mol. The largest absolute Gasteiger partial charge is 0.375 e. The molecule has 0 saturated heterocycles. The van der Waals surface area contributed by atoms with Crippen molar-refractivity contribution in [2.45, 2.75) is 105 Å². The van der Waals surface area contributed by atoms with Gasteiger partial charge in [0.05, 0.1) is 0 Å². The molecule has 2 aliphatic rings. The highest BCUT2D eigenvalue weighted by atomic mass is 15.2. The van der Waals surface area contributed by atoms with Gasteiger partial charge in [-0.2, -0.15) is 0 Å². The van der Waals surface area contributed by atoms with Crippen molar-refractivity contribution in [1.29, 1.82) is 0 Å². The molecule has 3 heterocycles. The molecule has 0 fully saturated rings. The number of rotatable bonds is 1. The third-order valence-corrected chi connectivity index (χ3v) is 16.0. The Morgan fingerprint density at radius 1 is 0.362 bits per heavy atom. The average molecular weight is 893 g/mol. The molecule has 0 bridgehead atoms. The summed E-state index contributed by atoms with van der Waals surface area (Å²) in [6.07, 6.45) is 0. The molecule has 0 atom stereocenters. The molecule has 0 spiro atoms. The second-order valence-electron chi connectivity index (χ2n) is 24.7. The normalized spacial score (nSPS) is 14.0. The molecular formula is C66H61BN2. The Morgan fingerprint density at radius 2 is 0.855 bits per heavy atom. The molecule has 2 nitrogen and oxygen atoms in total. The molecule has 11 aromatic rings. The summed E-state index contributed by atoms with van der Waals surface area (Å²) in [5, 5.41) is 15.6. The maximum Gasteiger partial charge on any atom is 0.333 e. The standard InChI is InChI=1S/C66H61BN2/c1-63(2,3)41-25-26-57-53(35-41)54-36-44(66(10,11)12)37-55-60-46-20-14-13-19-38(46)30-59-61(60)67(69(57)62(54)55)56-29-39-27-51-49-23-17-15-21-47(49)48-22-16-18-24-50(48)52(51)28-40(39)31-58(56)68(59)45-33-42(64(4,5)6)32-43(34-45)65(7,8)9/h13-37H,1-12H3. The molecule has 0 N–H and O–H groups in total. The Morgan fingerprint density at radius 3 is 1.43 bits per heavy atom. The van der Waals surface area contributed by atoms with Gasteiger partial charge < -0.3 is 9.38 Å². The Kier molecular flexibility index (Phi) is 8.52. The number of aromatic nitrogens is 1. The van der Waals surface area contributed by atoms with Crippen LogP contribution in [0.4, 0.5) is 17.1 Å². The van der Waals surface area contributed by atoms with E-state index >= 15 is 0 Å². The zero-order valence-electron chi connectivity index (χ0n) is 42.4. The lowest BCUT2D eigenvalue weighted by Crippen LogP contribution is -2.56. The van der Waals surface area contributed by atoms with Crippen LogP contribution in [0.1, 0.15) is 105 Å². The van der Waals surface area contributed by atoms with Crippen molar-refractivity contribution in [3.8, 4) is 11.1 Å². The van der Waals surface area contributed by atoms with Crippen LogP contribution in [-0.4, -0.2) is 11.3 Å². The van der Waals surface area contributed by atoms with Crippen LogP contribution < -0.4 is 15.8 Å². The lowest BCUT2D eigenvalue weighted by atomic mass is 9.44. The summed E-state index contributed by atoms with van der Waals surface area (Å²) in [4.78, 5) is 2.67. The first-order chi connectivity index (χ1) is 32.7. The SMILES string of the molecule is CC(C)(C)c1cc(N2c3cc4cc5c6ccccc6c6ccccc6c5cc4cc3B3c4c2cc2ccccc2c4-c2cc(C(C)(C)C)cc4c5cc(C(C)(C)C)ccc5n3c24)cc(C(C)(C)C)c1. The summed E-state index contributed by atoms with van der Waals surface area (Å²) < 4.78 is 2.76. The highest BCUT2D eigenvalue weighted by Crippen LogP contribution is 2.51. The number of fused-ring (bicyclic) bond motifs is 16. The quantitative estimate of drug-likeness (QED) is 0.0906. The van der Waals surface area contributed by atoms with E-state index in [1.807, 2.05) is 0 Å². The number of anilines is 3. The van der Waals surface area contributed by atoms with E-state index in [1.165, 1.54) is 137 Å². The van der Waals surface area contributed by atoms with E-state index in [0.29, 0.717) is 0 Å². The van der Waals surface area contributed by atoms with Gasteiger partial charge in [0.2, 0.25) is 0 Å². The molecule has 0 radical (unpaired) electrons. The van der Waals surface area contributed by atoms with Crippen LogP contribution in [0, 0.1) is 0 Å². The van der Waals surface area contributed by atoms with E-state index in [2.05, 4.69) is 244 Å². The van der Waals surface area contributed by atoms with Crippen molar-refractivity contribution in [3.05, 3.63) is 174 Å². The summed E-state index contributed by atoms with van der Waals surface area (Å²) in [6, 6.07) is 59.7. The van der Waals surface area contributed by atoms with Crippen LogP contribution in [0.25, 0.3) is 86.8 Å². The van der Waals surface area contributed by atoms with Gasteiger partial charge in [-0.1, -0.05) is 174 Å². The first kappa shape index (κ1) is 42.3. The van der Waals surface area contributed by atoms with Crippen LogP contribution in [0.3, 0.4) is 0 Å². The van der Waals surface area contributed by atoms with Gasteiger partial charge in [-0.05, 0) is 175 Å². The predicted octanol–water partition coefficient (Wildman–Crippen LogP) is 17.2. The number of hydrogen-bond donors (Lipinski definition) is 0. The fourth-order valence-corrected chi connectivity index (χ4v) is 12.2. The molecule has 338 valence electrons. The highest BCUT2D eigenvalue weighted by Gasteiger charge is 2.44. The van der Waals surface area contributed by atoms with Crippen molar-refractivity contribution in [1.82, 2.24) is 4.48 Å². The third kappa shape index (κ3) is 6.11. The summed E-state index contributed by atoms with van der Waals surface area (Å²) in [7, 11) is 0. The van der Waals surface area contributed by atoms with Crippen molar-refractivity contribution in [3.63, 3.8) is 0 Å². The summed E-state index contributed by atoms with van der Waals surface area (Å²) >= 11 is 0. The Balaban J connectivity index is 1.24. The first-order valence-corrected chi connectivity index (χ1v) is 25.2. The van der Waals surface area contributed by atoms with Crippen molar-refractivity contribution >= 4 is 111 Å². The van der Waals surface area contributed by atoms with Gasteiger partial charge in [0.1, 0.15) is 0 Å². The minimum atomic E-state index is -0.0827. The van der Waals surface area contributed by atoms with Crippen LogP contribution in [-0.2, 0) is 21.7 Å². The van der Waals surface area contributed by atoms with E-state index in [9.17, 15) is 0 Å².